The zero-order valence-electron chi connectivity index (χ0n) is 17.8. The van der Waals surface area contributed by atoms with Crippen molar-refractivity contribution in [2.75, 3.05) is 13.7 Å². The van der Waals surface area contributed by atoms with E-state index in [0.717, 1.165) is 54.7 Å². The normalized spacial score (nSPS) is 16.5. The second kappa shape index (κ2) is 8.69. The van der Waals surface area contributed by atoms with E-state index < -0.39 is 0 Å². The lowest BCUT2D eigenvalue weighted by molar-refractivity contribution is 0.146. The highest BCUT2D eigenvalue weighted by Crippen LogP contribution is 2.29. The average molecular weight is 405 g/mol. The quantitative estimate of drug-likeness (QED) is 0.636. The minimum atomic E-state index is -0.148. The van der Waals surface area contributed by atoms with Crippen LogP contribution in [0.25, 0.3) is 11.3 Å². The summed E-state index contributed by atoms with van der Waals surface area (Å²) in [5, 5.41) is 8.86. The monoisotopic (exact) mass is 404 g/mol. The molecule has 0 bridgehead atoms. The highest BCUT2D eigenvalue weighted by Gasteiger charge is 2.29. The highest BCUT2D eigenvalue weighted by molar-refractivity contribution is 5.77. The predicted octanol–water partition coefficient (Wildman–Crippen LogP) is 4.64. The molecule has 1 fully saturated rings. The summed E-state index contributed by atoms with van der Waals surface area (Å²) in [7, 11) is 1.66. The molecule has 0 aliphatic carbocycles. The van der Waals surface area contributed by atoms with Crippen LogP contribution in [-0.4, -0.2) is 45.6 Å². The zero-order valence-corrected chi connectivity index (χ0v) is 17.8. The first-order chi connectivity index (χ1) is 14.6. The Morgan fingerprint density at radius 1 is 1.13 bits per heavy atom. The standard InChI is InChI=1S/C24H28N4O2/c1-17-13-21(30-3)14-18(2)23(17)22-16-25-28(26-22)24(29)27-12-8-7-11-20(27)15-19-9-5-4-6-10-19/h4-6,9-10,13-14,16,20H,7-8,11-12,15H2,1-3H3. The van der Waals surface area contributed by atoms with Crippen molar-refractivity contribution < 1.29 is 9.53 Å². The number of aryl methyl sites for hydroxylation is 2. The SMILES string of the molecule is COc1cc(C)c(-c2cnn(C(=O)N3CCCCC3Cc3ccccc3)n2)c(C)c1. The number of carbonyl (C=O) groups excluding carboxylic acids is 1. The third kappa shape index (κ3) is 4.08. The molecule has 30 heavy (non-hydrogen) atoms. The number of amides is 1. The lowest BCUT2D eigenvalue weighted by Gasteiger charge is -2.35. The van der Waals surface area contributed by atoms with E-state index in [9.17, 15) is 4.79 Å². The summed E-state index contributed by atoms with van der Waals surface area (Å²) in [4.78, 5) is 16.4. The van der Waals surface area contributed by atoms with Crippen molar-refractivity contribution in [1.29, 1.82) is 0 Å². The predicted molar refractivity (Wildman–Crippen MR) is 117 cm³/mol. The molecular formula is C24H28N4O2. The molecule has 1 aliphatic heterocycles. The van der Waals surface area contributed by atoms with Gasteiger partial charge in [-0.15, -0.1) is 5.10 Å². The average Bonchev–Trinajstić information content (AvgIpc) is 3.23. The van der Waals surface area contributed by atoms with Crippen molar-refractivity contribution in [3.63, 3.8) is 0 Å². The topological polar surface area (TPSA) is 60.3 Å². The summed E-state index contributed by atoms with van der Waals surface area (Å²) in [6.45, 7) is 4.78. The summed E-state index contributed by atoms with van der Waals surface area (Å²) in [5.41, 5.74) is 5.05. The highest BCUT2D eigenvalue weighted by atomic mass is 16.5. The van der Waals surface area contributed by atoms with Gasteiger partial charge in [0.1, 0.15) is 11.4 Å². The van der Waals surface area contributed by atoms with Gasteiger partial charge in [-0.3, -0.25) is 0 Å². The van der Waals surface area contributed by atoms with Crippen LogP contribution in [0.3, 0.4) is 0 Å². The maximum atomic E-state index is 13.3. The molecule has 1 atom stereocenters. The molecule has 6 heteroatoms. The van der Waals surface area contributed by atoms with Crippen LogP contribution in [0.15, 0.2) is 48.7 Å². The van der Waals surface area contributed by atoms with E-state index in [1.807, 2.05) is 49.1 Å². The van der Waals surface area contributed by atoms with Gasteiger partial charge in [-0.05, 0) is 68.4 Å². The molecule has 4 rings (SSSR count). The lowest BCUT2D eigenvalue weighted by atomic mass is 9.96. The molecule has 0 spiro atoms. The van der Waals surface area contributed by atoms with Crippen molar-refractivity contribution in [2.45, 2.75) is 45.6 Å². The Hall–Kier alpha value is -3.15. The Kier molecular flexibility index (Phi) is 5.84. The van der Waals surface area contributed by atoms with Crippen LogP contribution in [0, 0.1) is 13.8 Å². The van der Waals surface area contributed by atoms with Gasteiger partial charge in [0.15, 0.2) is 0 Å². The third-order valence-corrected chi connectivity index (χ3v) is 5.85. The zero-order chi connectivity index (χ0) is 21.1. The maximum Gasteiger partial charge on any atom is 0.362 e. The van der Waals surface area contributed by atoms with Crippen molar-refractivity contribution >= 4 is 6.03 Å². The Balaban J connectivity index is 1.57. The third-order valence-electron chi connectivity index (χ3n) is 5.85. The van der Waals surface area contributed by atoms with Crippen molar-refractivity contribution in [1.82, 2.24) is 19.9 Å². The summed E-state index contributed by atoms with van der Waals surface area (Å²) < 4.78 is 5.35. The van der Waals surface area contributed by atoms with Crippen molar-refractivity contribution in [3.05, 3.63) is 65.4 Å². The molecule has 2 heterocycles. The van der Waals surface area contributed by atoms with E-state index in [4.69, 9.17) is 4.74 Å². The van der Waals surface area contributed by atoms with Crippen molar-refractivity contribution in [2.24, 2.45) is 0 Å². The van der Waals surface area contributed by atoms with Crippen LogP contribution in [0.1, 0.15) is 36.0 Å². The number of hydrogen-bond donors (Lipinski definition) is 0. The van der Waals surface area contributed by atoms with Gasteiger partial charge in [-0.2, -0.15) is 5.10 Å². The second-order valence-electron chi connectivity index (χ2n) is 7.97. The molecular weight excluding hydrogens is 376 g/mol. The Morgan fingerprint density at radius 2 is 1.87 bits per heavy atom. The van der Waals surface area contributed by atoms with Crippen LogP contribution in [-0.2, 0) is 6.42 Å². The summed E-state index contributed by atoms with van der Waals surface area (Å²) >= 11 is 0. The number of rotatable bonds is 4. The van der Waals surface area contributed by atoms with Gasteiger partial charge in [-0.1, -0.05) is 35.1 Å². The number of likely N-dealkylation sites (tertiary alicyclic amines) is 1. The molecule has 1 aromatic heterocycles. The van der Waals surface area contributed by atoms with Gasteiger partial charge in [-0.25, -0.2) is 4.79 Å². The fraction of sp³-hybridized carbons (Fsp3) is 0.375. The van der Waals surface area contributed by atoms with Crippen LogP contribution < -0.4 is 4.74 Å². The van der Waals surface area contributed by atoms with Gasteiger partial charge >= 0.3 is 6.03 Å². The number of carbonyl (C=O) groups is 1. The van der Waals surface area contributed by atoms with Gasteiger partial charge in [0, 0.05) is 18.2 Å². The second-order valence-corrected chi connectivity index (χ2v) is 7.97. The molecule has 156 valence electrons. The number of benzene rings is 2. The van der Waals surface area contributed by atoms with Crippen molar-refractivity contribution in [3.8, 4) is 17.0 Å². The van der Waals surface area contributed by atoms with Gasteiger partial charge in [0.2, 0.25) is 0 Å². The van der Waals surface area contributed by atoms with E-state index in [1.54, 1.807) is 13.3 Å². The number of methoxy groups -OCH3 is 1. The summed E-state index contributed by atoms with van der Waals surface area (Å²) in [6, 6.07) is 14.3. The summed E-state index contributed by atoms with van der Waals surface area (Å²) in [6.07, 6.45) is 5.70. The van der Waals surface area contributed by atoms with Crippen LogP contribution in [0.4, 0.5) is 4.79 Å². The first-order valence-corrected chi connectivity index (χ1v) is 10.5. The van der Waals surface area contributed by atoms with E-state index in [1.165, 1.54) is 10.4 Å². The fourth-order valence-electron chi connectivity index (χ4n) is 4.38. The fourth-order valence-corrected chi connectivity index (χ4v) is 4.38. The Bertz CT molecular complexity index is 1010. The molecule has 0 radical (unpaired) electrons. The number of nitrogens with zero attached hydrogens (tertiary/aromatic N) is 4. The van der Waals surface area contributed by atoms with E-state index in [2.05, 4.69) is 22.3 Å². The Morgan fingerprint density at radius 3 is 2.57 bits per heavy atom. The lowest BCUT2D eigenvalue weighted by Crippen LogP contribution is -2.47. The van der Waals surface area contributed by atoms with Crippen LogP contribution >= 0.6 is 0 Å². The molecule has 6 nitrogen and oxygen atoms in total. The molecule has 0 saturated carbocycles. The molecule has 1 saturated heterocycles. The van der Waals surface area contributed by atoms with Crippen LogP contribution in [0.2, 0.25) is 0 Å². The maximum absolute atomic E-state index is 13.3. The van der Waals surface area contributed by atoms with E-state index in [0.29, 0.717) is 5.69 Å². The number of hydrogen-bond acceptors (Lipinski definition) is 4. The number of piperidine rings is 1. The van der Waals surface area contributed by atoms with E-state index in [-0.39, 0.29) is 12.1 Å². The van der Waals surface area contributed by atoms with Crippen LogP contribution in [0.5, 0.6) is 5.75 Å². The smallest absolute Gasteiger partial charge is 0.362 e. The number of aromatic nitrogens is 3. The van der Waals surface area contributed by atoms with Gasteiger partial charge in [0.25, 0.3) is 0 Å². The minimum Gasteiger partial charge on any atom is -0.497 e. The largest absolute Gasteiger partial charge is 0.497 e. The van der Waals surface area contributed by atoms with E-state index >= 15 is 0 Å². The molecule has 3 aromatic rings. The molecule has 1 amide bonds. The minimum absolute atomic E-state index is 0.148. The molecule has 1 aliphatic rings. The molecule has 0 N–H and O–H groups in total. The first kappa shape index (κ1) is 20.1. The molecule has 1 unspecified atom stereocenters. The number of ether oxygens (including phenoxy) is 1. The first-order valence-electron chi connectivity index (χ1n) is 10.5. The summed E-state index contributed by atoms with van der Waals surface area (Å²) in [5.74, 6) is 0.814. The molecule has 2 aromatic carbocycles. The van der Waals surface area contributed by atoms with Gasteiger partial charge < -0.3 is 9.64 Å². The van der Waals surface area contributed by atoms with Gasteiger partial charge in [0.05, 0.1) is 13.3 Å². The Labute approximate surface area is 177 Å².